The first-order chi connectivity index (χ1) is 8.65. The van der Waals surface area contributed by atoms with E-state index in [0.717, 1.165) is 29.6 Å². The van der Waals surface area contributed by atoms with Crippen molar-refractivity contribution in [3.05, 3.63) is 34.3 Å². The van der Waals surface area contributed by atoms with E-state index in [4.69, 9.17) is 11.6 Å². The molecule has 1 aliphatic rings. The number of hydrogen-bond acceptors (Lipinski definition) is 2. The number of rotatable bonds is 4. The van der Waals surface area contributed by atoms with Crippen LogP contribution in [0, 0.1) is 12.8 Å². The summed E-state index contributed by atoms with van der Waals surface area (Å²) in [6, 6.07) is 6.31. The highest BCUT2D eigenvalue weighted by molar-refractivity contribution is 6.31. The molecule has 0 bridgehead atoms. The van der Waals surface area contributed by atoms with E-state index >= 15 is 0 Å². The lowest BCUT2D eigenvalue weighted by Crippen LogP contribution is -2.37. The van der Waals surface area contributed by atoms with Crippen LogP contribution in [0.4, 0.5) is 0 Å². The lowest BCUT2D eigenvalue weighted by Gasteiger charge is -2.29. The van der Waals surface area contributed by atoms with Gasteiger partial charge < -0.3 is 10.2 Å². The Kier molecular flexibility index (Phi) is 5.04. The molecule has 0 radical (unpaired) electrons. The van der Waals surface area contributed by atoms with Gasteiger partial charge in [0.25, 0.3) is 0 Å². The number of aryl methyl sites for hydroxylation is 1. The van der Waals surface area contributed by atoms with Crippen molar-refractivity contribution in [2.24, 2.45) is 5.92 Å². The SMILES string of the molecule is Cc1ccc(CNCC2CCCN(C)C2)cc1Cl. The molecule has 18 heavy (non-hydrogen) atoms. The molecule has 0 amide bonds. The van der Waals surface area contributed by atoms with Crippen LogP contribution in [-0.4, -0.2) is 31.6 Å². The van der Waals surface area contributed by atoms with Gasteiger partial charge in [-0.1, -0.05) is 23.7 Å². The summed E-state index contributed by atoms with van der Waals surface area (Å²) in [5.41, 5.74) is 2.42. The van der Waals surface area contributed by atoms with E-state index in [1.807, 2.05) is 6.92 Å². The third-order valence-electron chi connectivity index (χ3n) is 3.72. The van der Waals surface area contributed by atoms with Crippen LogP contribution in [0.5, 0.6) is 0 Å². The summed E-state index contributed by atoms with van der Waals surface area (Å²) < 4.78 is 0. The van der Waals surface area contributed by atoms with E-state index in [-0.39, 0.29) is 0 Å². The highest BCUT2D eigenvalue weighted by atomic mass is 35.5. The molecule has 1 fully saturated rings. The van der Waals surface area contributed by atoms with E-state index < -0.39 is 0 Å². The van der Waals surface area contributed by atoms with E-state index in [2.05, 4.69) is 35.5 Å². The molecule has 100 valence electrons. The van der Waals surface area contributed by atoms with Crippen molar-refractivity contribution in [1.82, 2.24) is 10.2 Å². The second-order valence-electron chi connectivity index (χ2n) is 5.48. The minimum absolute atomic E-state index is 0.796. The van der Waals surface area contributed by atoms with E-state index in [1.165, 1.54) is 31.5 Å². The average molecular weight is 267 g/mol. The topological polar surface area (TPSA) is 15.3 Å². The van der Waals surface area contributed by atoms with Gasteiger partial charge in [-0.15, -0.1) is 0 Å². The average Bonchev–Trinajstić information content (AvgIpc) is 2.34. The lowest BCUT2D eigenvalue weighted by atomic mass is 9.98. The summed E-state index contributed by atoms with van der Waals surface area (Å²) >= 11 is 6.13. The Bertz CT molecular complexity index is 392. The second kappa shape index (κ2) is 6.55. The molecule has 1 saturated heterocycles. The van der Waals surface area contributed by atoms with Gasteiger partial charge in [0.2, 0.25) is 0 Å². The van der Waals surface area contributed by atoms with Crippen molar-refractivity contribution < 1.29 is 0 Å². The Morgan fingerprint density at radius 1 is 1.44 bits per heavy atom. The smallest absolute Gasteiger partial charge is 0.0438 e. The van der Waals surface area contributed by atoms with Crippen molar-refractivity contribution in [3.8, 4) is 0 Å². The summed E-state index contributed by atoms with van der Waals surface area (Å²) in [5, 5.41) is 4.42. The molecule has 0 aliphatic carbocycles. The Morgan fingerprint density at radius 2 is 2.28 bits per heavy atom. The highest BCUT2D eigenvalue weighted by Crippen LogP contribution is 2.17. The predicted octanol–water partition coefficient (Wildman–Crippen LogP) is 3.08. The largest absolute Gasteiger partial charge is 0.312 e. The third kappa shape index (κ3) is 3.98. The van der Waals surface area contributed by atoms with E-state index in [9.17, 15) is 0 Å². The number of piperidine rings is 1. The summed E-state index contributed by atoms with van der Waals surface area (Å²) in [7, 11) is 2.21. The Hall–Kier alpha value is -0.570. The summed E-state index contributed by atoms with van der Waals surface area (Å²) in [5.74, 6) is 0.796. The number of halogens is 1. The number of nitrogens with one attached hydrogen (secondary N) is 1. The number of benzene rings is 1. The van der Waals surface area contributed by atoms with E-state index in [0.29, 0.717) is 0 Å². The van der Waals surface area contributed by atoms with Crippen LogP contribution >= 0.6 is 11.6 Å². The Balaban J connectivity index is 1.76. The van der Waals surface area contributed by atoms with Gasteiger partial charge >= 0.3 is 0 Å². The van der Waals surface area contributed by atoms with Crippen LogP contribution in [0.25, 0.3) is 0 Å². The minimum Gasteiger partial charge on any atom is -0.312 e. The molecule has 1 heterocycles. The van der Waals surface area contributed by atoms with Crippen LogP contribution in [0.15, 0.2) is 18.2 Å². The van der Waals surface area contributed by atoms with Gasteiger partial charge in [-0.05, 0) is 63.0 Å². The van der Waals surface area contributed by atoms with Gasteiger partial charge in [0.15, 0.2) is 0 Å². The molecule has 0 saturated carbocycles. The minimum atomic E-state index is 0.796. The summed E-state index contributed by atoms with van der Waals surface area (Å²) in [6.45, 7) is 6.54. The normalized spacial score (nSPS) is 21.2. The number of hydrogen-bond donors (Lipinski definition) is 1. The van der Waals surface area contributed by atoms with Crippen molar-refractivity contribution in [1.29, 1.82) is 0 Å². The molecule has 1 atom stereocenters. The summed E-state index contributed by atoms with van der Waals surface area (Å²) in [4.78, 5) is 2.43. The first-order valence-corrected chi connectivity index (χ1v) is 7.17. The van der Waals surface area contributed by atoms with Gasteiger partial charge in [0.1, 0.15) is 0 Å². The molecule has 1 N–H and O–H groups in total. The van der Waals surface area contributed by atoms with Crippen LogP contribution in [-0.2, 0) is 6.54 Å². The first-order valence-electron chi connectivity index (χ1n) is 6.79. The molecule has 1 aromatic carbocycles. The van der Waals surface area contributed by atoms with E-state index in [1.54, 1.807) is 0 Å². The molecular weight excluding hydrogens is 244 g/mol. The monoisotopic (exact) mass is 266 g/mol. The molecule has 0 aromatic heterocycles. The molecule has 2 rings (SSSR count). The maximum Gasteiger partial charge on any atom is 0.0438 e. The molecule has 1 aliphatic heterocycles. The van der Waals surface area contributed by atoms with Crippen LogP contribution < -0.4 is 5.32 Å². The van der Waals surface area contributed by atoms with Crippen molar-refractivity contribution >= 4 is 11.6 Å². The van der Waals surface area contributed by atoms with Crippen LogP contribution in [0.3, 0.4) is 0 Å². The number of likely N-dealkylation sites (tertiary alicyclic amines) is 1. The highest BCUT2D eigenvalue weighted by Gasteiger charge is 2.16. The Morgan fingerprint density at radius 3 is 3.00 bits per heavy atom. The van der Waals surface area contributed by atoms with Crippen LogP contribution in [0.2, 0.25) is 5.02 Å². The molecule has 1 unspecified atom stereocenters. The second-order valence-corrected chi connectivity index (χ2v) is 5.89. The molecule has 1 aromatic rings. The molecular formula is C15H23ClN2. The maximum absolute atomic E-state index is 6.13. The van der Waals surface area contributed by atoms with Crippen LogP contribution in [0.1, 0.15) is 24.0 Å². The number of nitrogens with zero attached hydrogens (tertiary/aromatic N) is 1. The maximum atomic E-state index is 6.13. The molecule has 3 heteroatoms. The van der Waals surface area contributed by atoms with Gasteiger partial charge in [-0.3, -0.25) is 0 Å². The standard InChI is InChI=1S/C15H23ClN2/c1-12-5-6-13(8-15(12)16)9-17-10-14-4-3-7-18(2)11-14/h5-6,8,14,17H,3-4,7,9-11H2,1-2H3. The quantitative estimate of drug-likeness (QED) is 0.901. The van der Waals surface area contributed by atoms with Crippen molar-refractivity contribution in [2.45, 2.75) is 26.3 Å². The fourth-order valence-electron chi connectivity index (χ4n) is 2.61. The summed E-state index contributed by atoms with van der Waals surface area (Å²) in [6.07, 6.45) is 2.69. The van der Waals surface area contributed by atoms with Gasteiger partial charge in [-0.25, -0.2) is 0 Å². The molecule has 2 nitrogen and oxygen atoms in total. The third-order valence-corrected chi connectivity index (χ3v) is 4.13. The lowest BCUT2D eigenvalue weighted by molar-refractivity contribution is 0.206. The van der Waals surface area contributed by atoms with Gasteiger partial charge in [0.05, 0.1) is 0 Å². The van der Waals surface area contributed by atoms with Crippen molar-refractivity contribution in [3.63, 3.8) is 0 Å². The fourth-order valence-corrected chi connectivity index (χ4v) is 2.81. The Labute approximate surface area is 115 Å². The molecule has 0 spiro atoms. The first kappa shape index (κ1) is 13.9. The van der Waals surface area contributed by atoms with Gasteiger partial charge in [-0.2, -0.15) is 0 Å². The zero-order valence-electron chi connectivity index (χ0n) is 11.4. The predicted molar refractivity (Wildman–Crippen MR) is 78.1 cm³/mol. The zero-order valence-corrected chi connectivity index (χ0v) is 12.1. The van der Waals surface area contributed by atoms with Crippen molar-refractivity contribution in [2.75, 3.05) is 26.7 Å². The van der Waals surface area contributed by atoms with Gasteiger partial charge in [0, 0.05) is 18.1 Å². The fraction of sp³-hybridized carbons (Fsp3) is 0.600. The zero-order chi connectivity index (χ0) is 13.0.